The van der Waals surface area contributed by atoms with Gasteiger partial charge in [-0.3, -0.25) is 0 Å². The van der Waals surface area contributed by atoms with E-state index in [4.69, 9.17) is 0 Å². The average Bonchev–Trinajstić information content (AvgIpc) is 2.83. The number of hydrogen-bond acceptors (Lipinski definition) is 5. The average molecular weight is 315 g/mol. The van der Waals surface area contributed by atoms with E-state index >= 15 is 0 Å². The second-order valence-electron chi connectivity index (χ2n) is 5.98. The Labute approximate surface area is 135 Å². The van der Waals surface area contributed by atoms with E-state index in [1.165, 1.54) is 50.7 Å². The number of halogens is 1. The minimum atomic E-state index is -0.235. The summed E-state index contributed by atoms with van der Waals surface area (Å²) in [6, 6.07) is 6.84. The first-order chi connectivity index (χ1) is 11.3. The van der Waals surface area contributed by atoms with Gasteiger partial charge in [0.1, 0.15) is 5.82 Å². The van der Waals surface area contributed by atoms with Crippen LogP contribution in [0.3, 0.4) is 0 Å². The highest BCUT2D eigenvalue weighted by atomic mass is 19.1. The molecule has 1 heterocycles. The van der Waals surface area contributed by atoms with Crippen molar-refractivity contribution >= 4 is 11.8 Å². The minimum Gasteiger partial charge on any atom is -0.366 e. The number of anilines is 2. The summed E-state index contributed by atoms with van der Waals surface area (Å²) in [5.41, 5.74) is 0.970. The third-order valence-corrected chi connectivity index (χ3v) is 4.13. The molecule has 3 rings (SSSR count). The molecule has 23 heavy (non-hydrogen) atoms. The molecule has 122 valence electrons. The van der Waals surface area contributed by atoms with Crippen LogP contribution in [0.25, 0.3) is 0 Å². The van der Waals surface area contributed by atoms with Crippen LogP contribution in [0.2, 0.25) is 0 Å². The van der Waals surface area contributed by atoms with Gasteiger partial charge >= 0.3 is 0 Å². The highest BCUT2D eigenvalue weighted by molar-refractivity contribution is 5.38. The summed E-state index contributed by atoms with van der Waals surface area (Å²) in [4.78, 5) is 4.46. The maximum absolute atomic E-state index is 12.9. The molecule has 0 saturated heterocycles. The summed E-state index contributed by atoms with van der Waals surface area (Å²) in [5.74, 6) is 1.00. The molecule has 0 radical (unpaired) electrons. The summed E-state index contributed by atoms with van der Waals surface area (Å²) in [6.45, 7) is 0.537. The van der Waals surface area contributed by atoms with E-state index in [2.05, 4.69) is 25.8 Å². The molecule has 1 saturated carbocycles. The molecule has 1 aliphatic carbocycles. The molecule has 2 aromatic rings. The summed E-state index contributed by atoms with van der Waals surface area (Å²) in [7, 11) is 0. The first kappa shape index (κ1) is 15.6. The monoisotopic (exact) mass is 315 g/mol. The number of aromatic nitrogens is 3. The van der Waals surface area contributed by atoms with Crippen LogP contribution in [-0.4, -0.2) is 21.2 Å². The van der Waals surface area contributed by atoms with Crippen LogP contribution in [-0.2, 0) is 6.54 Å². The lowest BCUT2D eigenvalue weighted by molar-refractivity contribution is 0.616. The lowest BCUT2D eigenvalue weighted by Gasteiger charge is -2.16. The Bertz CT molecular complexity index is 609. The Morgan fingerprint density at radius 1 is 1.04 bits per heavy atom. The van der Waals surface area contributed by atoms with Crippen LogP contribution in [0.5, 0.6) is 0 Å². The van der Waals surface area contributed by atoms with E-state index in [9.17, 15) is 4.39 Å². The van der Waals surface area contributed by atoms with E-state index in [0.29, 0.717) is 18.5 Å². The smallest absolute Gasteiger partial charge is 0.244 e. The van der Waals surface area contributed by atoms with Crippen molar-refractivity contribution in [2.75, 3.05) is 10.6 Å². The van der Waals surface area contributed by atoms with Gasteiger partial charge in [-0.25, -0.2) is 4.39 Å². The zero-order valence-electron chi connectivity index (χ0n) is 13.1. The van der Waals surface area contributed by atoms with Crippen molar-refractivity contribution in [3.8, 4) is 0 Å². The Balaban J connectivity index is 1.57. The van der Waals surface area contributed by atoms with Gasteiger partial charge in [0.05, 0.1) is 6.20 Å². The van der Waals surface area contributed by atoms with Gasteiger partial charge < -0.3 is 10.6 Å². The number of nitrogens with zero attached hydrogens (tertiary/aromatic N) is 3. The molecule has 0 aliphatic heterocycles. The third kappa shape index (κ3) is 4.87. The molecule has 1 aromatic heterocycles. The molecule has 5 nitrogen and oxygen atoms in total. The fourth-order valence-corrected chi connectivity index (χ4v) is 2.86. The van der Waals surface area contributed by atoms with Gasteiger partial charge in [0.25, 0.3) is 0 Å². The number of benzene rings is 1. The Morgan fingerprint density at radius 2 is 1.78 bits per heavy atom. The van der Waals surface area contributed by atoms with Crippen molar-refractivity contribution in [3.63, 3.8) is 0 Å². The van der Waals surface area contributed by atoms with Gasteiger partial charge in [-0.2, -0.15) is 10.1 Å². The fraction of sp³-hybridized carbons (Fsp3) is 0.471. The second kappa shape index (κ2) is 7.85. The molecule has 0 amide bonds. The zero-order valence-corrected chi connectivity index (χ0v) is 13.1. The van der Waals surface area contributed by atoms with Gasteiger partial charge in [0, 0.05) is 12.6 Å². The normalized spacial score (nSPS) is 15.9. The molecule has 6 heteroatoms. The quantitative estimate of drug-likeness (QED) is 0.823. The van der Waals surface area contributed by atoms with Crippen molar-refractivity contribution in [2.45, 2.75) is 51.1 Å². The van der Waals surface area contributed by atoms with Crippen LogP contribution in [0.15, 0.2) is 30.5 Å². The summed E-state index contributed by atoms with van der Waals surface area (Å²) in [5, 5.41) is 14.6. The summed E-state index contributed by atoms with van der Waals surface area (Å²) < 4.78 is 12.9. The van der Waals surface area contributed by atoms with Crippen molar-refractivity contribution in [1.82, 2.24) is 15.2 Å². The van der Waals surface area contributed by atoms with Crippen LogP contribution in [0, 0.1) is 5.82 Å². The van der Waals surface area contributed by atoms with Gasteiger partial charge in [0.15, 0.2) is 5.82 Å². The third-order valence-electron chi connectivity index (χ3n) is 4.13. The van der Waals surface area contributed by atoms with E-state index in [0.717, 1.165) is 11.4 Å². The van der Waals surface area contributed by atoms with E-state index in [1.54, 1.807) is 18.3 Å². The first-order valence-electron chi connectivity index (χ1n) is 8.24. The zero-order chi connectivity index (χ0) is 15.9. The standard InChI is InChI=1S/C17H22FN5/c18-14-9-7-13(8-10-14)11-19-17-22-16(12-20-23-17)21-15-5-3-1-2-4-6-15/h7-10,12,15H,1-6,11H2,(H2,19,21,22,23). The fourth-order valence-electron chi connectivity index (χ4n) is 2.86. The van der Waals surface area contributed by atoms with Crippen molar-refractivity contribution in [2.24, 2.45) is 0 Å². The Morgan fingerprint density at radius 3 is 2.52 bits per heavy atom. The largest absolute Gasteiger partial charge is 0.366 e. The maximum atomic E-state index is 12.9. The predicted molar refractivity (Wildman–Crippen MR) is 88.7 cm³/mol. The van der Waals surface area contributed by atoms with Crippen molar-refractivity contribution < 1.29 is 4.39 Å². The summed E-state index contributed by atoms with van der Waals surface area (Å²) >= 11 is 0. The molecule has 2 N–H and O–H groups in total. The van der Waals surface area contributed by atoms with Gasteiger partial charge in [-0.1, -0.05) is 37.8 Å². The molecule has 0 unspecified atom stereocenters. The lowest BCUT2D eigenvalue weighted by Crippen LogP contribution is -2.19. The van der Waals surface area contributed by atoms with Crippen LogP contribution < -0.4 is 10.6 Å². The molecule has 0 atom stereocenters. The van der Waals surface area contributed by atoms with Gasteiger partial charge in [-0.05, 0) is 30.5 Å². The van der Waals surface area contributed by atoms with E-state index in [-0.39, 0.29) is 5.82 Å². The molecule has 0 spiro atoms. The highest BCUT2D eigenvalue weighted by Crippen LogP contribution is 2.20. The SMILES string of the molecule is Fc1ccc(CNc2nncc(NC3CCCCCC3)n2)cc1. The highest BCUT2D eigenvalue weighted by Gasteiger charge is 2.13. The summed E-state index contributed by atoms with van der Waals surface area (Å²) in [6.07, 6.45) is 9.21. The molecule has 1 fully saturated rings. The van der Waals surface area contributed by atoms with Crippen molar-refractivity contribution in [3.05, 3.63) is 41.8 Å². The maximum Gasteiger partial charge on any atom is 0.244 e. The number of hydrogen-bond donors (Lipinski definition) is 2. The van der Waals surface area contributed by atoms with Gasteiger partial charge in [0.2, 0.25) is 5.95 Å². The van der Waals surface area contributed by atoms with Crippen LogP contribution >= 0.6 is 0 Å². The molecule has 1 aliphatic rings. The topological polar surface area (TPSA) is 62.7 Å². The van der Waals surface area contributed by atoms with Gasteiger partial charge in [-0.15, -0.1) is 5.10 Å². The van der Waals surface area contributed by atoms with Crippen LogP contribution in [0.1, 0.15) is 44.1 Å². The Kier molecular flexibility index (Phi) is 5.34. The first-order valence-corrected chi connectivity index (χ1v) is 8.24. The van der Waals surface area contributed by atoms with E-state index in [1.807, 2.05) is 0 Å². The lowest BCUT2D eigenvalue weighted by atomic mass is 10.1. The second-order valence-corrected chi connectivity index (χ2v) is 5.98. The predicted octanol–water partition coefficient (Wildman–Crippen LogP) is 3.76. The molecular formula is C17H22FN5. The molecular weight excluding hydrogens is 293 g/mol. The molecule has 1 aromatic carbocycles. The molecule has 0 bridgehead atoms. The number of rotatable bonds is 5. The Hall–Kier alpha value is -2.24. The minimum absolute atomic E-state index is 0.235. The van der Waals surface area contributed by atoms with Crippen LogP contribution in [0.4, 0.5) is 16.2 Å². The van der Waals surface area contributed by atoms with E-state index < -0.39 is 0 Å². The number of nitrogens with one attached hydrogen (secondary N) is 2. The van der Waals surface area contributed by atoms with Crippen molar-refractivity contribution in [1.29, 1.82) is 0 Å².